The van der Waals surface area contributed by atoms with Crippen LogP contribution in [0, 0.1) is 17.8 Å². The van der Waals surface area contributed by atoms with Gasteiger partial charge in [-0.25, -0.2) is 0 Å². The molecule has 0 unspecified atom stereocenters. The number of ether oxygens (including phenoxy) is 2. The number of amides is 7. The van der Waals surface area contributed by atoms with Gasteiger partial charge in [-0.2, -0.15) is 0 Å². The number of unbranched alkanes of at least 4 members (excludes halogenated alkanes) is 2. The van der Waals surface area contributed by atoms with Gasteiger partial charge in [-0.05, 0) is 60.8 Å². The second-order valence-corrected chi connectivity index (χ2v) is 19.6. The lowest BCUT2D eigenvalue weighted by Crippen LogP contribution is -2.58. The van der Waals surface area contributed by atoms with Gasteiger partial charge in [0, 0.05) is 92.7 Å². The average molecular weight is 1000 g/mol. The number of likely N-dealkylation sites (N-methyl/N-ethyl adjacent to an activating group) is 1. The second kappa shape index (κ2) is 28.8. The molecule has 0 spiro atoms. The zero-order valence-corrected chi connectivity index (χ0v) is 44.4. The molecule has 396 valence electrons. The molecule has 1 saturated heterocycles. The zero-order chi connectivity index (χ0) is 53.1. The fourth-order valence-electron chi connectivity index (χ4n) is 9.54. The minimum Gasteiger partial charge on any atom is -0.379 e. The Morgan fingerprint density at radius 3 is 2.08 bits per heavy atom. The fourth-order valence-corrected chi connectivity index (χ4v) is 9.54. The predicted octanol–water partition coefficient (Wildman–Crippen LogP) is 4.54. The lowest BCUT2D eigenvalue weighted by Gasteiger charge is -2.41. The molecule has 4 N–H and O–H groups in total. The summed E-state index contributed by atoms with van der Waals surface area (Å²) < 4.78 is 12.1. The lowest BCUT2D eigenvalue weighted by atomic mass is 9.89. The van der Waals surface area contributed by atoms with Gasteiger partial charge in [0.05, 0.1) is 36.6 Å². The Kier molecular flexibility index (Phi) is 23.4. The van der Waals surface area contributed by atoms with E-state index in [1.165, 1.54) is 24.2 Å². The number of anilines is 1. The van der Waals surface area contributed by atoms with Crippen LogP contribution in [-0.4, -0.2) is 159 Å². The van der Waals surface area contributed by atoms with Crippen LogP contribution < -0.4 is 21.3 Å². The van der Waals surface area contributed by atoms with E-state index in [1.54, 1.807) is 62.2 Å². The van der Waals surface area contributed by atoms with E-state index in [-0.39, 0.29) is 54.2 Å². The molecule has 18 nitrogen and oxygen atoms in total. The highest BCUT2D eigenvalue weighted by atomic mass is 16.5. The molecule has 4 rings (SSSR count). The third kappa shape index (κ3) is 16.4. The predicted molar refractivity (Wildman–Crippen MR) is 278 cm³/mol. The maximum atomic E-state index is 14.4. The number of hydrogen-bond donors (Lipinski definition) is 4. The average Bonchev–Trinajstić information content (AvgIpc) is 3.98. The van der Waals surface area contributed by atoms with Crippen LogP contribution in [-0.2, 0) is 56.0 Å². The van der Waals surface area contributed by atoms with Crippen molar-refractivity contribution in [3.8, 4) is 0 Å². The molecule has 0 aliphatic carbocycles. The van der Waals surface area contributed by atoms with Gasteiger partial charge in [0.1, 0.15) is 12.1 Å². The Bertz CT molecular complexity index is 2170. The van der Waals surface area contributed by atoms with Crippen LogP contribution in [0.3, 0.4) is 0 Å². The molecule has 0 bridgehead atoms. The quantitative estimate of drug-likeness (QED) is 0.0423. The Labute approximate surface area is 427 Å². The molecule has 72 heavy (non-hydrogen) atoms. The van der Waals surface area contributed by atoms with E-state index in [4.69, 9.17) is 9.47 Å². The van der Waals surface area contributed by atoms with Gasteiger partial charge in [-0.15, -0.1) is 0 Å². The fraction of sp³-hybridized carbons (Fsp3) is 0.593. The van der Waals surface area contributed by atoms with Gasteiger partial charge in [-0.3, -0.25) is 43.5 Å². The summed E-state index contributed by atoms with van der Waals surface area (Å²) in [4.78, 5) is 104. The van der Waals surface area contributed by atoms with E-state index in [1.807, 2.05) is 63.2 Å². The summed E-state index contributed by atoms with van der Waals surface area (Å²) in [6.45, 7) is 10.9. The van der Waals surface area contributed by atoms with Crippen molar-refractivity contribution in [2.45, 2.75) is 135 Å². The van der Waals surface area contributed by atoms with Crippen LogP contribution in [0.4, 0.5) is 5.69 Å². The maximum absolute atomic E-state index is 14.4. The molecule has 2 aromatic rings. The molecule has 0 aromatic heterocycles. The largest absolute Gasteiger partial charge is 0.379 e. The number of likely N-dealkylation sites (tertiary alicyclic amines) is 1. The Hall–Kier alpha value is -6.14. The summed E-state index contributed by atoms with van der Waals surface area (Å²) in [5, 5.41) is 12.2. The van der Waals surface area contributed by atoms with E-state index in [0.717, 1.165) is 17.5 Å². The van der Waals surface area contributed by atoms with Crippen molar-refractivity contribution < 1.29 is 43.0 Å². The number of hydrogen-bond acceptors (Lipinski definition) is 10. The molecular formula is C54H81N9O9. The van der Waals surface area contributed by atoms with Crippen molar-refractivity contribution in [1.29, 1.82) is 0 Å². The van der Waals surface area contributed by atoms with Crippen LogP contribution in [0.1, 0.15) is 97.1 Å². The summed E-state index contributed by atoms with van der Waals surface area (Å²) in [7, 11) is 10.3. The first-order valence-corrected chi connectivity index (χ1v) is 25.4. The van der Waals surface area contributed by atoms with Crippen molar-refractivity contribution in [1.82, 2.24) is 35.6 Å². The molecule has 2 aromatic carbocycles. The number of methoxy groups -OCH3 is 2. The lowest BCUT2D eigenvalue weighted by molar-refractivity contribution is -0.147. The number of nitrogens with zero attached hydrogens (tertiary/aromatic N) is 5. The topological polar surface area (TPSA) is 211 Å². The molecule has 8 atom stereocenters. The van der Waals surface area contributed by atoms with E-state index in [0.29, 0.717) is 69.8 Å². The van der Waals surface area contributed by atoms with Crippen molar-refractivity contribution >= 4 is 53.0 Å². The van der Waals surface area contributed by atoms with Crippen LogP contribution in [0.5, 0.6) is 0 Å². The highest BCUT2D eigenvalue weighted by Crippen LogP contribution is 2.30. The van der Waals surface area contributed by atoms with Gasteiger partial charge in [-0.1, -0.05) is 89.9 Å². The summed E-state index contributed by atoms with van der Waals surface area (Å²) in [5.74, 6) is -2.09. The Morgan fingerprint density at radius 2 is 1.50 bits per heavy atom. The van der Waals surface area contributed by atoms with E-state index >= 15 is 0 Å². The summed E-state index contributed by atoms with van der Waals surface area (Å²) in [6.07, 6.45) is 5.76. The first-order chi connectivity index (χ1) is 34.3. The molecule has 1 fully saturated rings. The van der Waals surface area contributed by atoms with Crippen LogP contribution in [0.2, 0.25) is 0 Å². The van der Waals surface area contributed by atoms with Crippen molar-refractivity contribution in [2.75, 3.05) is 60.8 Å². The molecular weight excluding hydrogens is 919 g/mol. The number of rotatable bonds is 27. The molecule has 0 saturated carbocycles. The highest BCUT2D eigenvalue weighted by Gasteiger charge is 2.43. The van der Waals surface area contributed by atoms with Gasteiger partial charge < -0.3 is 45.4 Å². The zero-order valence-electron chi connectivity index (χ0n) is 44.4. The highest BCUT2D eigenvalue weighted by molar-refractivity contribution is 6.12. The second-order valence-electron chi connectivity index (χ2n) is 19.6. The van der Waals surface area contributed by atoms with Crippen LogP contribution >= 0.6 is 0 Å². The molecule has 0 radical (unpaired) electrons. The molecule has 2 heterocycles. The van der Waals surface area contributed by atoms with Gasteiger partial charge in [0.15, 0.2) is 5.96 Å². The first-order valence-electron chi connectivity index (χ1n) is 25.4. The van der Waals surface area contributed by atoms with Crippen molar-refractivity contribution in [2.24, 2.45) is 22.7 Å². The molecule has 2 aliphatic heterocycles. The summed E-state index contributed by atoms with van der Waals surface area (Å²) in [5.41, 5.74) is 2.19. The minimum absolute atomic E-state index is 0.00957. The van der Waals surface area contributed by atoms with Gasteiger partial charge in [0.2, 0.25) is 29.5 Å². The van der Waals surface area contributed by atoms with Crippen LogP contribution in [0.15, 0.2) is 71.7 Å². The van der Waals surface area contributed by atoms with Gasteiger partial charge >= 0.3 is 0 Å². The van der Waals surface area contributed by atoms with E-state index in [2.05, 4.69) is 40.1 Å². The molecule has 7 amide bonds. The monoisotopic (exact) mass is 1000 g/mol. The van der Waals surface area contributed by atoms with Crippen molar-refractivity contribution in [3.63, 3.8) is 0 Å². The van der Waals surface area contributed by atoms with E-state index < -0.39 is 54.1 Å². The smallest absolute Gasteiger partial charge is 0.253 e. The molecule has 2 aliphatic rings. The minimum atomic E-state index is -0.956. The maximum Gasteiger partial charge on any atom is 0.253 e. The number of carbonyl (C=O) groups is 7. The Balaban J connectivity index is 1.39. The number of carbonyl (C=O) groups excluding carboxylic acids is 7. The Morgan fingerprint density at radius 1 is 0.833 bits per heavy atom. The van der Waals surface area contributed by atoms with Crippen LogP contribution in [0.25, 0.3) is 0 Å². The summed E-state index contributed by atoms with van der Waals surface area (Å²) in [6, 6.07) is 14.1. The van der Waals surface area contributed by atoms with Crippen molar-refractivity contribution in [3.05, 3.63) is 77.9 Å². The number of guanidine groups is 1. The third-order valence-electron chi connectivity index (χ3n) is 13.9. The van der Waals surface area contributed by atoms with Gasteiger partial charge in [0.25, 0.3) is 11.8 Å². The number of nitrogens with one attached hydrogen (secondary N) is 4. The number of imide groups is 1. The summed E-state index contributed by atoms with van der Waals surface area (Å²) >= 11 is 0. The first kappa shape index (κ1) is 58.4. The third-order valence-corrected chi connectivity index (χ3v) is 13.9. The standard InChI is InChI=1S/C54H81N9O9/c1-12-36(4)49(61(9)53(70)48(35(2)3)59-54(55-6)60(7)8)43(71-10)33-47(67)62-31-19-22-42(62)50(72-11)37(5)51(68)58-41(32-38-20-15-13-16-21-38)52(69)57-40-26-24-39(25-27-40)34-56-44(64)23-17-14-18-30-63-45(65)28-29-46(63)66/h13,15-16,20-21,24-29,35-37,41-43,48-50H,12,14,17-19,22-23,30-34H2,1-11H3,(H,55,59)(H,56,64)(H,57,69)(H,58,68)/t36-,37+,41+,42-,43+,48-,49-,50+/m0/s1. The molecule has 18 heteroatoms. The van der Waals surface area contributed by atoms with E-state index in [9.17, 15) is 33.6 Å². The normalized spacial score (nSPS) is 17.7. The number of aliphatic imine (C=N–C) groups is 1. The number of benzene rings is 2. The SMILES string of the molecule is CC[C@H](C)[C@@H]([C@@H](CC(=O)N1CCC[C@H]1[C@H](OC)[C@@H](C)C(=O)N[C@H](Cc1ccccc1)C(=O)Nc1ccc(CNC(=O)CCCCCN2C(=O)C=CC2=O)cc1)OC)N(C)C(=O)[C@@H](NC(=NC)N(C)C)C(C)C.